The minimum Gasteiger partial charge on any atom is -0.406 e. The Balaban J connectivity index is 2.69. The molecule has 0 radical (unpaired) electrons. The monoisotopic (exact) mass is 291 g/mol. The van der Waals surface area contributed by atoms with Crippen LogP contribution in [0, 0.1) is 5.41 Å². The number of ether oxygens (including phenoxy) is 1. The van der Waals surface area contributed by atoms with Gasteiger partial charge in [0.25, 0.3) is 0 Å². The van der Waals surface area contributed by atoms with Gasteiger partial charge in [-0.1, -0.05) is 32.9 Å². The van der Waals surface area contributed by atoms with Crippen molar-refractivity contribution in [1.29, 1.82) is 0 Å². The van der Waals surface area contributed by atoms with Gasteiger partial charge in [-0.25, -0.2) is 0 Å². The molecule has 114 valence electrons. The Kier molecular flexibility index (Phi) is 5.05. The minimum atomic E-state index is -4.71. The van der Waals surface area contributed by atoms with E-state index >= 15 is 0 Å². The molecule has 0 saturated carbocycles. The normalized spacial score (nSPS) is 15.8. The van der Waals surface area contributed by atoms with Crippen LogP contribution in [0.4, 0.5) is 13.2 Å². The third kappa shape index (κ3) is 5.38. The number of nitrogens with two attached hydrogens (primary N) is 1. The van der Waals surface area contributed by atoms with Gasteiger partial charge in [-0.15, -0.1) is 13.2 Å². The lowest BCUT2D eigenvalue weighted by molar-refractivity contribution is -0.274. The molecular formula is C14H20F3NO2. The maximum Gasteiger partial charge on any atom is 0.573 e. The van der Waals surface area contributed by atoms with Gasteiger partial charge in [-0.2, -0.15) is 0 Å². The van der Waals surface area contributed by atoms with Gasteiger partial charge in [0, 0.05) is 6.04 Å². The van der Waals surface area contributed by atoms with Gasteiger partial charge in [0.2, 0.25) is 0 Å². The molecule has 0 bridgehead atoms. The Hall–Kier alpha value is -1.27. The summed E-state index contributed by atoms with van der Waals surface area (Å²) in [5.74, 6) is -0.312. The van der Waals surface area contributed by atoms with Crippen molar-refractivity contribution in [2.24, 2.45) is 11.1 Å². The average molecular weight is 291 g/mol. The van der Waals surface area contributed by atoms with Crippen LogP contribution < -0.4 is 10.5 Å². The molecule has 0 aromatic heterocycles. The van der Waals surface area contributed by atoms with E-state index in [1.807, 2.05) is 20.8 Å². The quantitative estimate of drug-likeness (QED) is 0.894. The van der Waals surface area contributed by atoms with E-state index in [4.69, 9.17) is 5.73 Å². The maximum atomic E-state index is 12.0. The van der Waals surface area contributed by atoms with Gasteiger partial charge in [0.05, 0.1) is 6.10 Å². The molecule has 0 heterocycles. The lowest BCUT2D eigenvalue weighted by Crippen LogP contribution is -2.36. The van der Waals surface area contributed by atoms with Gasteiger partial charge < -0.3 is 15.6 Å². The van der Waals surface area contributed by atoms with Gasteiger partial charge in [0.1, 0.15) is 5.75 Å². The summed E-state index contributed by atoms with van der Waals surface area (Å²) >= 11 is 0. The number of benzene rings is 1. The molecule has 0 fully saturated rings. The van der Waals surface area contributed by atoms with Crippen molar-refractivity contribution in [2.45, 2.75) is 45.7 Å². The zero-order valence-corrected chi connectivity index (χ0v) is 11.7. The summed E-state index contributed by atoms with van der Waals surface area (Å²) in [6.07, 6.45) is -5.19. The lowest BCUT2D eigenvalue weighted by atomic mass is 9.83. The third-order valence-corrected chi connectivity index (χ3v) is 3.09. The molecule has 6 heteroatoms. The molecule has 0 aliphatic carbocycles. The average Bonchev–Trinajstić information content (AvgIpc) is 2.26. The highest BCUT2D eigenvalue weighted by atomic mass is 19.4. The zero-order valence-electron chi connectivity index (χ0n) is 11.7. The van der Waals surface area contributed by atoms with Crippen LogP contribution >= 0.6 is 0 Å². The summed E-state index contributed by atoms with van der Waals surface area (Å²) in [4.78, 5) is 0. The van der Waals surface area contributed by atoms with Crippen molar-refractivity contribution in [1.82, 2.24) is 0 Å². The van der Waals surface area contributed by atoms with E-state index in [-0.39, 0.29) is 17.2 Å². The van der Waals surface area contributed by atoms with Crippen molar-refractivity contribution in [3.05, 3.63) is 29.8 Å². The Morgan fingerprint density at radius 1 is 1.15 bits per heavy atom. The predicted molar refractivity (Wildman–Crippen MR) is 70.1 cm³/mol. The van der Waals surface area contributed by atoms with E-state index in [1.165, 1.54) is 24.3 Å². The highest BCUT2D eigenvalue weighted by Gasteiger charge is 2.31. The summed E-state index contributed by atoms with van der Waals surface area (Å²) in [6.45, 7) is 5.89. The van der Waals surface area contributed by atoms with Crippen LogP contribution in [-0.4, -0.2) is 17.5 Å². The fourth-order valence-corrected chi connectivity index (χ4v) is 1.62. The van der Waals surface area contributed by atoms with Gasteiger partial charge >= 0.3 is 6.36 Å². The zero-order chi connectivity index (χ0) is 15.6. The standard InChI is InChI=1S/C14H20F3NO2/c1-13(2,3)12(18)8-11(19)9-4-6-10(7-5-9)20-14(15,16)17/h4-7,11-12,19H,8,18H2,1-3H3/t11-,12+/m1/s1. The Morgan fingerprint density at radius 3 is 2.05 bits per heavy atom. The van der Waals surface area contributed by atoms with E-state index in [0.717, 1.165) is 0 Å². The fourth-order valence-electron chi connectivity index (χ4n) is 1.62. The smallest absolute Gasteiger partial charge is 0.406 e. The largest absolute Gasteiger partial charge is 0.573 e. The molecule has 0 spiro atoms. The van der Waals surface area contributed by atoms with Gasteiger partial charge in [-0.05, 0) is 29.5 Å². The SMILES string of the molecule is CC(C)(C)[C@@H](N)C[C@@H](O)c1ccc(OC(F)(F)F)cc1. The highest BCUT2D eigenvalue weighted by Crippen LogP contribution is 2.28. The molecule has 0 saturated heterocycles. The van der Waals surface area contributed by atoms with E-state index in [2.05, 4.69) is 4.74 Å². The molecule has 2 atom stereocenters. The van der Waals surface area contributed by atoms with Crippen LogP contribution in [0.25, 0.3) is 0 Å². The second kappa shape index (κ2) is 6.01. The molecule has 0 amide bonds. The van der Waals surface area contributed by atoms with Crippen LogP contribution in [0.3, 0.4) is 0 Å². The molecule has 1 rings (SSSR count). The van der Waals surface area contributed by atoms with Crippen LogP contribution in [0.1, 0.15) is 38.9 Å². The Labute approximate surface area is 116 Å². The first-order chi connectivity index (χ1) is 8.99. The summed E-state index contributed by atoms with van der Waals surface area (Å²) in [6, 6.07) is 4.94. The molecule has 1 aromatic carbocycles. The van der Waals surface area contributed by atoms with E-state index < -0.39 is 12.5 Å². The lowest BCUT2D eigenvalue weighted by Gasteiger charge is -2.29. The second-order valence-electron chi connectivity index (χ2n) is 5.84. The molecule has 3 N–H and O–H groups in total. The second-order valence-corrected chi connectivity index (χ2v) is 5.84. The van der Waals surface area contributed by atoms with E-state index in [0.29, 0.717) is 12.0 Å². The number of aliphatic hydroxyl groups excluding tert-OH is 1. The van der Waals surface area contributed by atoms with Gasteiger partial charge in [0.15, 0.2) is 0 Å². The van der Waals surface area contributed by atoms with Gasteiger partial charge in [-0.3, -0.25) is 0 Å². The maximum absolute atomic E-state index is 12.0. The van der Waals surface area contributed by atoms with Crippen molar-refractivity contribution in [2.75, 3.05) is 0 Å². The van der Waals surface area contributed by atoms with Crippen LogP contribution in [0.5, 0.6) is 5.75 Å². The summed E-state index contributed by atoms with van der Waals surface area (Å²) in [5, 5.41) is 10.0. The van der Waals surface area contributed by atoms with Crippen molar-refractivity contribution in [3.63, 3.8) is 0 Å². The fraction of sp³-hybridized carbons (Fsp3) is 0.571. The number of halogens is 3. The molecule has 3 nitrogen and oxygen atoms in total. The number of hydrogen-bond acceptors (Lipinski definition) is 3. The summed E-state index contributed by atoms with van der Waals surface area (Å²) in [7, 11) is 0. The van der Waals surface area contributed by atoms with Crippen LogP contribution in [0.2, 0.25) is 0 Å². The molecule has 0 aliphatic rings. The minimum absolute atomic E-state index is 0.152. The van der Waals surface area contributed by atoms with Crippen molar-refractivity contribution in [3.8, 4) is 5.75 Å². The molecule has 0 unspecified atom stereocenters. The molecule has 20 heavy (non-hydrogen) atoms. The molecular weight excluding hydrogens is 271 g/mol. The number of hydrogen-bond donors (Lipinski definition) is 2. The molecule has 0 aliphatic heterocycles. The van der Waals surface area contributed by atoms with Crippen LogP contribution in [-0.2, 0) is 0 Å². The number of alkyl halides is 3. The number of aliphatic hydroxyl groups is 1. The van der Waals surface area contributed by atoms with Crippen molar-refractivity contribution >= 4 is 0 Å². The summed E-state index contributed by atoms with van der Waals surface area (Å²) in [5.41, 5.74) is 6.33. The first-order valence-corrected chi connectivity index (χ1v) is 6.28. The first-order valence-electron chi connectivity index (χ1n) is 6.28. The third-order valence-electron chi connectivity index (χ3n) is 3.09. The topological polar surface area (TPSA) is 55.5 Å². The van der Waals surface area contributed by atoms with E-state index in [9.17, 15) is 18.3 Å². The van der Waals surface area contributed by atoms with Crippen LogP contribution in [0.15, 0.2) is 24.3 Å². The van der Waals surface area contributed by atoms with E-state index in [1.54, 1.807) is 0 Å². The Morgan fingerprint density at radius 2 is 1.65 bits per heavy atom. The molecule has 1 aromatic rings. The number of rotatable bonds is 4. The summed E-state index contributed by atoms with van der Waals surface area (Å²) < 4.78 is 39.8. The first kappa shape index (κ1) is 16.8. The predicted octanol–water partition coefficient (Wildman–Crippen LogP) is 3.38. The van der Waals surface area contributed by atoms with Crippen molar-refractivity contribution < 1.29 is 23.0 Å². The highest BCUT2D eigenvalue weighted by molar-refractivity contribution is 5.28. The Bertz CT molecular complexity index is 424.